The van der Waals surface area contributed by atoms with Crippen LogP contribution in [0.4, 0.5) is 5.69 Å². The molecule has 1 saturated heterocycles. The number of carbonyl (C=O) groups is 2. The van der Waals surface area contributed by atoms with Gasteiger partial charge in [0.25, 0.3) is 0 Å². The highest BCUT2D eigenvalue weighted by atomic mass is 32.2. The number of nitrogens with one attached hydrogen (secondary N) is 1. The largest absolute Gasteiger partial charge is 0.333 e. The lowest BCUT2D eigenvalue weighted by atomic mass is 9.91. The van der Waals surface area contributed by atoms with E-state index in [0.717, 1.165) is 17.5 Å². The van der Waals surface area contributed by atoms with E-state index in [2.05, 4.69) is 5.32 Å². The molecule has 2 aromatic carbocycles. The van der Waals surface area contributed by atoms with Gasteiger partial charge in [0.2, 0.25) is 21.8 Å². The van der Waals surface area contributed by atoms with E-state index in [1.54, 1.807) is 11.0 Å². The second kappa shape index (κ2) is 6.15. The van der Waals surface area contributed by atoms with Crippen LogP contribution in [0.1, 0.15) is 22.7 Å². The quantitative estimate of drug-likeness (QED) is 0.828. The number of rotatable bonds is 2. The highest BCUT2D eigenvalue weighted by molar-refractivity contribution is 7.89. The molecule has 3 heterocycles. The minimum absolute atomic E-state index is 0.119. The van der Waals surface area contributed by atoms with E-state index in [9.17, 15) is 18.0 Å². The summed E-state index contributed by atoms with van der Waals surface area (Å²) in [7, 11) is -3.84. The van der Waals surface area contributed by atoms with Gasteiger partial charge in [-0.1, -0.05) is 24.3 Å². The van der Waals surface area contributed by atoms with Crippen molar-refractivity contribution in [2.75, 3.05) is 25.0 Å². The fourth-order valence-electron chi connectivity index (χ4n) is 4.34. The van der Waals surface area contributed by atoms with Crippen molar-refractivity contribution in [2.24, 2.45) is 0 Å². The molecule has 144 valence electrons. The van der Waals surface area contributed by atoms with Crippen LogP contribution in [0.15, 0.2) is 47.4 Å². The topological polar surface area (TPSA) is 86.8 Å². The number of hydrogen-bond acceptors (Lipinski definition) is 4. The number of benzene rings is 2. The summed E-state index contributed by atoms with van der Waals surface area (Å²) in [5.74, 6) is -0.320. The number of piperazine rings is 1. The van der Waals surface area contributed by atoms with Crippen molar-refractivity contribution in [1.29, 1.82) is 0 Å². The molecule has 2 amide bonds. The smallest absolute Gasteiger partial charge is 0.243 e. The summed E-state index contributed by atoms with van der Waals surface area (Å²) in [6.07, 6.45) is 0.957. The van der Waals surface area contributed by atoms with Gasteiger partial charge in [-0.3, -0.25) is 9.59 Å². The summed E-state index contributed by atoms with van der Waals surface area (Å²) in [6, 6.07) is 12.3. The van der Waals surface area contributed by atoms with Crippen molar-refractivity contribution in [3.63, 3.8) is 0 Å². The second-order valence-corrected chi connectivity index (χ2v) is 9.33. The zero-order valence-corrected chi connectivity index (χ0v) is 15.9. The van der Waals surface area contributed by atoms with E-state index in [0.29, 0.717) is 17.8 Å². The van der Waals surface area contributed by atoms with E-state index in [4.69, 9.17) is 0 Å². The first-order valence-electron chi connectivity index (χ1n) is 9.24. The monoisotopic (exact) mass is 397 g/mol. The van der Waals surface area contributed by atoms with Gasteiger partial charge in [0, 0.05) is 18.8 Å². The Morgan fingerprint density at radius 3 is 2.71 bits per heavy atom. The van der Waals surface area contributed by atoms with E-state index < -0.39 is 10.0 Å². The summed E-state index contributed by atoms with van der Waals surface area (Å²) < 4.78 is 27.8. The first-order valence-corrected chi connectivity index (χ1v) is 10.7. The van der Waals surface area contributed by atoms with Crippen LogP contribution in [0, 0.1) is 0 Å². The highest BCUT2D eigenvalue weighted by Crippen LogP contribution is 2.35. The molecular formula is C20H19N3O4S. The molecule has 7 nitrogen and oxygen atoms in total. The molecule has 0 unspecified atom stereocenters. The van der Waals surface area contributed by atoms with Gasteiger partial charge in [-0.15, -0.1) is 0 Å². The molecule has 5 rings (SSSR count). The zero-order valence-electron chi connectivity index (χ0n) is 15.1. The fraction of sp³-hybridized carbons (Fsp3) is 0.300. The third-order valence-electron chi connectivity index (χ3n) is 5.76. The van der Waals surface area contributed by atoms with Gasteiger partial charge < -0.3 is 10.2 Å². The Bertz CT molecular complexity index is 1110. The molecule has 3 aliphatic rings. The van der Waals surface area contributed by atoms with Crippen molar-refractivity contribution in [2.45, 2.75) is 23.8 Å². The van der Waals surface area contributed by atoms with Crippen molar-refractivity contribution < 1.29 is 18.0 Å². The minimum Gasteiger partial charge on any atom is -0.333 e. The Morgan fingerprint density at radius 1 is 1.04 bits per heavy atom. The molecule has 1 atom stereocenters. The van der Waals surface area contributed by atoms with Gasteiger partial charge in [-0.2, -0.15) is 4.31 Å². The van der Waals surface area contributed by atoms with Crippen LogP contribution in [0.5, 0.6) is 0 Å². The van der Waals surface area contributed by atoms with Crippen molar-refractivity contribution in [1.82, 2.24) is 9.21 Å². The van der Waals surface area contributed by atoms with Crippen LogP contribution in [-0.2, 0) is 32.5 Å². The summed E-state index contributed by atoms with van der Waals surface area (Å²) in [6.45, 7) is 0.690. The number of carbonyl (C=O) groups excluding carboxylic acids is 2. The molecule has 0 aliphatic carbocycles. The summed E-state index contributed by atoms with van der Waals surface area (Å²) >= 11 is 0. The van der Waals surface area contributed by atoms with Gasteiger partial charge in [-0.05, 0) is 41.3 Å². The van der Waals surface area contributed by atoms with Crippen LogP contribution in [0.2, 0.25) is 0 Å². The zero-order chi connectivity index (χ0) is 19.5. The fourth-order valence-corrected chi connectivity index (χ4v) is 5.79. The van der Waals surface area contributed by atoms with Gasteiger partial charge >= 0.3 is 0 Å². The third-order valence-corrected chi connectivity index (χ3v) is 7.57. The Kier molecular flexibility index (Phi) is 3.82. The lowest BCUT2D eigenvalue weighted by Gasteiger charge is -2.44. The molecule has 3 aliphatic heterocycles. The molecule has 8 heteroatoms. The van der Waals surface area contributed by atoms with Crippen molar-refractivity contribution >= 4 is 27.5 Å². The predicted octanol–water partition coefficient (Wildman–Crippen LogP) is 1.31. The Morgan fingerprint density at radius 2 is 1.86 bits per heavy atom. The standard InChI is InChI=1S/C20H19N3O4S/c24-19-10-14-9-15(5-6-17(14)21-19)28(26,27)22-11-18-16-4-2-1-3-13(16)7-8-23(18)20(25)12-22/h1-6,9,18H,7-8,10-12H2,(H,21,24)/t18-/m0/s1. The summed E-state index contributed by atoms with van der Waals surface area (Å²) in [5, 5.41) is 2.70. The normalized spacial score (nSPS) is 21.7. The predicted molar refractivity (Wildman–Crippen MR) is 102 cm³/mol. The van der Waals surface area contributed by atoms with E-state index in [1.807, 2.05) is 24.3 Å². The number of sulfonamides is 1. The molecule has 28 heavy (non-hydrogen) atoms. The number of nitrogens with zero attached hydrogens (tertiary/aromatic N) is 2. The number of amides is 2. The van der Waals surface area contributed by atoms with Crippen LogP contribution in [0.25, 0.3) is 0 Å². The number of anilines is 1. The summed E-state index contributed by atoms with van der Waals surface area (Å²) in [4.78, 5) is 26.2. The first kappa shape index (κ1) is 17.4. The van der Waals surface area contributed by atoms with Crippen LogP contribution in [0.3, 0.4) is 0 Å². The third kappa shape index (κ3) is 2.63. The van der Waals surface area contributed by atoms with Gasteiger partial charge in [0.15, 0.2) is 0 Å². The SMILES string of the molecule is O=C1Cc2cc(S(=O)(=O)N3CC(=O)N4CCc5ccccc5[C@@H]4C3)ccc2N1. The maximum absolute atomic E-state index is 13.3. The van der Waals surface area contributed by atoms with Gasteiger partial charge in [0.05, 0.1) is 23.9 Å². The van der Waals surface area contributed by atoms with Gasteiger partial charge in [-0.25, -0.2) is 8.42 Å². The van der Waals surface area contributed by atoms with Crippen LogP contribution >= 0.6 is 0 Å². The second-order valence-electron chi connectivity index (χ2n) is 7.39. The van der Waals surface area contributed by atoms with E-state index >= 15 is 0 Å². The molecule has 2 aromatic rings. The molecule has 0 saturated carbocycles. The number of fused-ring (bicyclic) bond motifs is 4. The van der Waals surface area contributed by atoms with Crippen LogP contribution < -0.4 is 5.32 Å². The van der Waals surface area contributed by atoms with Crippen molar-refractivity contribution in [3.8, 4) is 0 Å². The van der Waals surface area contributed by atoms with E-state index in [-0.39, 0.29) is 42.3 Å². The Balaban J connectivity index is 1.50. The molecule has 0 bridgehead atoms. The molecule has 1 fully saturated rings. The average Bonchev–Trinajstić information content (AvgIpc) is 3.07. The number of hydrogen-bond donors (Lipinski definition) is 1. The Labute approximate surface area is 163 Å². The molecule has 0 spiro atoms. The minimum atomic E-state index is -3.84. The maximum Gasteiger partial charge on any atom is 0.243 e. The molecule has 1 N–H and O–H groups in total. The lowest BCUT2D eigenvalue weighted by molar-refractivity contribution is -0.138. The highest BCUT2D eigenvalue weighted by Gasteiger charge is 2.41. The van der Waals surface area contributed by atoms with E-state index in [1.165, 1.54) is 16.4 Å². The molecular weight excluding hydrogens is 378 g/mol. The summed E-state index contributed by atoms with van der Waals surface area (Å²) in [5.41, 5.74) is 3.49. The Hall–Kier alpha value is -2.71. The maximum atomic E-state index is 13.3. The average molecular weight is 397 g/mol. The first-order chi connectivity index (χ1) is 13.4. The van der Waals surface area contributed by atoms with Gasteiger partial charge in [0.1, 0.15) is 0 Å². The lowest BCUT2D eigenvalue weighted by Crippen LogP contribution is -2.55. The van der Waals surface area contributed by atoms with Crippen molar-refractivity contribution in [3.05, 3.63) is 59.2 Å². The molecule has 0 aromatic heterocycles. The molecule has 0 radical (unpaired) electrons. The van der Waals surface area contributed by atoms with Crippen LogP contribution in [-0.4, -0.2) is 49.1 Å².